The summed E-state index contributed by atoms with van der Waals surface area (Å²) in [6.45, 7) is 0.268. The number of rotatable bonds is 4. The number of hydrogen-bond donors (Lipinski definition) is 1. The Hall–Kier alpha value is -2.94. The molecule has 0 atom stereocenters. The molecule has 10 heteroatoms. The fourth-order valence-corrected chi connectivity index (χ4v) is 2.39. The highest BCUT2D eigenvalue weighted by Crippen LogP contribution is 2.28. The number of nitrogens with one attached hydrogen (secondary N) is 1. The smallest absolute Gasteiger partial charge is 0.378 e. The van der Waals surface area contributed by atoms with E-state index in [4.69, 9.17) is 11.6 Å². The first-order valence-corrected chi connectivity index (χ1v) is 7.93. The second-order valence-electron chi connectivity index (χ2n) is 5.47. The van der Waals surface area contributed by atoms with Crippen molar-refractivity contribution in [3.05, 3.63) is 81.1 Å². The number of benzene rings is 1. The lowest BCUT2D eigenvalue weighted by Gasteiger charge is -2.11. The lowest BCUT2D eigenvalue weighted by molar-refractivity contribution is -0.137. The molecule has 0 amide bonds. The first-order valence-electron chi connectivity index (χ1n) is 7.55. The van der Waals surface area contributed by atoms with E-state index in [0.29, 0.717) is 6.20 Å². The van der Waals surface area contributed by atoms with Gasteiger partial charge in [0, 0.05) is 12.7 Å². The van der Waals surface area contributed by atoms with E-state index in [0.717, 1.165) is 22.4 Å². The summed E-state index contributed by atoms with van der Waals surface area (Å²) in [6, 6.07) is 7.55. The molecule has 0 saturated heterocycles. The van der Waals surface area contributed by atoms with Gasteiger partial charge in [-0.2, -0.15) is 23.0 Å². The Labute approximate surface area is 155 Å². The molecule has 2 heterocycles. The zero-order valence-corrected chi connectivity index (χ0v) is 14.2. The number of aromatic nitrogens is 3. The lowest BCUT2D eigenvalue weighted by Crippen LogP contribution is -2.23. The summed E-state index contributed by atoms with van der Waals surface area (Å²) in [6.07, 6.45) is -2.67. The van der Waals surface area contributed by atoms with Crippen molar-refractivity contribution in [1.29, 1.82) is 0 Å². The van der Waals surface area contributed by atoms with Crippen LogP contribution in [-0.2, 0) is 12.7 Å². The molecule has 27 heavy (non-hydrogen) atoms. The summed E-state index contributed by atoms with van der Waals surface area (Å²) in [4.78, 5) is 16.0. The van der Waals surface area contributed by atoms with Crippen molar-refractivity contribution in [1.82, 2.24) is 14.8 Å². The average Bonchev–Trinajstić information content (AvgIpc) is 2.64. The summed E-state index contributed by atoms with van der Waals surface area (Å²) in [5.74, 6) is -0.468. The molecule has 3 aromatic rings. The zero-order valence-electron chi connectivity index (χ0n) is 13.5. The summed E-state index contributed by atoms with van der Waals surface area (Å²) < 4.78 is 51.5. The Morgan fingerprint density at radius 1 is 1.07 bits per heavy atom. The van der Waals surface area contributed by atoms with E-state index in [9.17, 15) is 22.4 Å². The third-order valence-electron chi connectivity index (χ3n) is 3.61. The molecule has 0 saturated carbocycles. The van der Waals surface area contributed by atoms with Crippen LogP contribution in [0.1, 0.15) is 11.1 Å². The Kier molecular flexibility index (Phi) is 5.13. The van der Waals surface area contributed by atoms with Gasteiger partial charge in [-0.15, -0.1) is 0 Å². The number of alkyl halides is 3. The van der Waals surface area contributed by atoms with Crippen molar-refractivity contribution in [3.63, 3.8) is 0 Å². The fourth-order valence-electron chi connectivity index (χ4n) is 2.20. The van der Waals surface area contributed by atoms with Crippen molar-refractivity contribution in [2.24, 2.45) is 0 Å². The molecule has 0 aliphatic heterocycles. The van der Waals surface area contributed by atoms with Crippen LogP contribution in [0.3, 0.4) is 0 Å². The van der Waals surface area contributed by atoms with Crippen LogP contribution in [0.2, 0.25) is 5.02 Å². The number of anilines is 1. The SMILES string of the molecule is O=c1c(Cl)c(NCc2ccc(F)cc2)cnn1-c1ccc(C(F)(F)F)cn1. The van der Waals surface area contributed by atoms with Gasteiger partial charge in [-0.3, -0.25) is 4.79 Å². The van der Waals surface area contributed by atoms with Gasteiger partial charge in [0.2, 0.25) is 0 Å². The molecule has 1 aromatic carbocycles. The number of pyridine rings is 1. The van der Waals surface area contributed by atoms with Crippen LogP contribution in [0.15, 0.2) is 53.6 Å². The van der Waals surface area contributed by atoms with Gasteiger partial charge in [-0.1, -0.05) is 23.7 Å². The maximum Gasteiger partial charge on any atom is 0.417 e. The second-order valence-corrected chi connectivity index (χ2v) is 5.85. The Bertz CT molecular complexity index is 1000. The molecule has 2 aromatic heterocycles. The molecule has 1 N–H and O–H groups in total. The maximum atomic E-state index is 12.9. The minimum absolute atomic E-state index is 0.0972. The minimum Gasteiger partial charge on any atom is -0.378 e. The number of halogens is 5. The maximum absolute atomic E-state index is 12.9. The molecule has 140 valence electrons. The van der Waals surface area contributed by atoms with Crippen LogP contribution in [0.5, 0.6) is 0 Å². The molecular weight excluding hydrogens is 388 g/mol. The van der Waals surface area contributed by atoms with Crippen molar-refractivity contribution in [2.45, 2.75) is 12.7 Å². The highest BCUT2D eigenvalue weighted by atomic mass is 35.5. The van der Waals surface area contributed by atoms with E-state index in [1.807, 2.05) is 0 Å². The van der Waals surface area contributed by atoms with E-state index < -0.39 is 17.3 Å². The van der Waals surface area contributed by atoms with Crippen molar-refractivity contribution in [3.8, 4) is 5.82 Å². The first kappa shape index (κ1) is 18.8. The topological polar surface area (TPSA) is 59.8 Å². The van der Waals surface area contributed by atoms with E-state index in [1.165, 1.54) is 18.3 Å². The van der Waals surface area contributed by atoms with E-state index in [1.54, 1.807) is 12.1 Å². The normalized spacial score (nSPS) is 11.4. The average molecular weight is 399 g/mol. The highest BCUT2D eigenvalue weighted by Gasteiger charge is 2.30. The summed E-state index contributed by atoms with van der Waals surface area (Å²) >= 11 is 6.04. The quantitative estimate of drug-likeness (QED) is 0.674. The van der Waals surface area contributed by atoms with Crippen LogP contribution >= 0.6 is 11.6 Å². The standard InChI is InChI=1S/C17H11ClF4N4O/c18-15-13(23-7-10-1-4-12(19)5-2-10)9-25-26(16(15)27)14-6-3-11(8-24-14)17(20,21)22/h1-6,8-9,23H,7H2. The van der Waals surface area contributed by atoms with E-state index >= 15 is 0 Å². The van der Waals surface area contributed by atoms with Crippen LogP contribution in [0, 0.1) is 5.82 Å². The van der Waals surface area contributed by atoms with Crippen LogP contribution in [0.4, 0.5) is 23.2 Å². The Balaban J connectivity index is 1.82. The molecule has 0 aliphatic carbocycles. The summed E-state index contributed by atoms with van der Waals surface area (Å²) in [5, 5.41) is 6.58. The molecule has 0 fully saturated rings. The van der Waals surface area contributed by atoms with Gasteiger partial charge in [0.05, 0.1) is 17.4 Å². The summed E-state index contributed by atoms with van der Waals surface area (Å²) in [5.41, 5.74) is -0.703. The predicted octanol–water partition coefficient (Wildman–Crippen LogP) is 4.05. The monoisotopic (exact) mass is 398 g/mol. The van der Waals surface area contributed by atoms with Crippen LogP contribution in [0.25, 0.3) is 5.82 Å². The van der Waals surface area contributed by atoms with Gasteiger partial charge in [-0.25, -0.2) is 9.37 Å². The molecule has 0 unspecified atom stereocenters. The van der Waals surface area contributed by atoms with Gasteiger partial charge in [0.25, 0.3) is 5.56 Å². The molecule has 0 spiro atoms. The predicted molar refractivity (Wildman–Crippen MR) is 91.4 cm³/mol. The molecule has 5 nitrogen and oxygen atoms in total. The largest absolute Gasteiger partial charge is 0.417 e. The third-order valence-corrected chi connectivity index (χ3v) is 3.97. The number of nitrogens with zero attached hydrogens (tertiary/aromatic N) is 3. The van der Waals surface area contributed by atoms with Crippen LogP contribution in [-0.4, -0.2) is 14.8 Å². The van der Waals surface area contributed by atoms with Crippen molar-refractivity contribution in [2.75, 3.05) is 5.32 Å². The third kappa shape index (κ3) is 4.25. The zero-order chi connectivity index (χ0) is 19.6. The van der Waals surface area contributed by atoms with E-state index in [2.05, 4.69) is 15.4 Å². The highest BCUT2D eigenvalue weighted by molar-refractivity contribution is 6.32. The van der Waals surface area contributed by atoms with Gasteiger partial charge >= 0.3 is 6.18 Å². The summed E-state index contributed by atoms with van der Waals surface area (Å²) in [7, 11) is 0. The lowest BCUT2D eigenvalue weighted by atomic mass is 10.2. The van der Waals surface area contributed by atoms with Crippen LogP contribution < -0.4 is 10.9 Å². The number of hydrogen-bond acceptors (Lipinski definition) is 4. The molecule has 0 bridgehead atoms. The molecule has 0 aliphatic rings. The molecule has 0 radical (unpaired) electrons. The van der Waals surface area contributed by atoms with Gasteiger partial charge in [-0.05, 0) is 29.8 Å². The molecular formula is C17H11ClF4N4O. The first-order chi connectivity index (χ1) is 12.8. The Morgan fingerprint density at radius 2 is 1.78 bits per heavy atom. The van der Waals surface area contributed by atoms with Gasteiger partial charge < -0.3 is 5.32 Å². The van der Waals surface area contributed by atoms with E-state index in [-0.39, 0.29) is 28.9 Å². The van der Waals surface area contributed by atoms with Gasteiger partial charge in [0.15, 0.2) is 5.82 Å². The Morgan fingerprint density at radius 3 is 2.37 bits per heavy atom. The molecule has 3 rings (SSSR count). The second kappa shape index (κ2) is 7.36. The van der Waals surface area contributed by atoms with Crippen molar-refractivity contribution >= 4 is 17.3 Å². The van der Waals surface area contributed by atoms with Gasteiger partial charge in [0.1, 0.15) is 10.8 Å². The minimum atomic E-state index is -4.53. The van der Waals surface area contributed by atoms with Crippen molar-refractivity contribution < 1.29 is 17.6 Å². The fraction of sp³-hybridized carbons (Fsp3) is 0.118.